The van der Waals surface area contributed by atoms with E-state index in [-0.39, 0.29) is 11.9 Å². The molecule has 1 amide bonds. The fourth-order valence-corrected chi connectivity index (χ4v) is 3.23. The van der Waals surface area contributed by atoms with E-state index in [2.05, 4.69) is 15.1 Å². The number of fused-ring (bicyclic) bond motifs is 1. The Hall–Kier alpha value is -2.47. The molecule has 0 bridgehead atoms. The number of benzene rings is 1. The zero-order chi connectivity index (χ0) is 18.8. The molecule has 2 heterocycles. The minimum absolute atomic E-state index is 0.0159. The molecule has 0 saturated carbocycles. The maximum atomic E-state index is 12.7. The topological polar surface area (TPSA) is 63.4 Å². The predicted molar refractivity (Wildman–Crippen MR) is 101 cm³/mol. The van der Waals surface area contributed by atoms with Crippen LogP contribution in [-0.4, -0.2) is 37.4 Å². The van der Waals surface area contributed by atoms with Crippen LogP contribution in [0.3, 0.4) is 0 Å². The number of carbonyl (C=O) groups excluding carboxylic acids is 1. The fraction of sp³-hybridized carbons (Fsp3) is 0.368. The van der Waals surface area contributed by atoms with E-state index in [9.17, 15) is 4.79 Å². The van der Waals surface area contributed by atoms with E-state index in [4.69, 9.17) is 11.6 Å². The van der Waals surface area contributed by atoms with Gasteiger partial charge in [0, 0.05) is 29.9 Å². The number of carbonyl (C=O) groups is 1. The second-order valence-electron chi connectivity index (χ2n) is 6.47. The van der Waals surface area contributed by atoms with Crippen LogP contribution in [0.1, 0.15) is 41.9 Å². The Kier molecular flexibility index (Phi) is 5.23. The molecule has 2 aromatic heterocycles. The molecule has 0 spiro atoms. The highest BCUT2D eigenvalue weighted by Crippen LogP contribution is 2.22. The summed E-state index contributed by atoms with van der Waals surface area (Å²) in [6.07, 6.45) is 2.53. The maximum Gasteiger partial charge on any atom is 0.252 e. The summed E-state index contributed by atoms with van der Waals surface area (Å²) in [7, 11) is 1.83. The monoisotopic (exact) mass is 371 g/mol. The second kappa shape index (κ2) is 7.41. The van der Waals surface area contributed by atoms with Gasteiger partial charge >= 0.3 is 0 Å². The van der Waals surface area contributed by atoms with Crippen LogP contribution in [0.5, 0.6) is 0 Å². The standard InChI is InChI=1S/C19H22ClN5O/c1-12-17(14(3)25-19(23-12)21-11-22-25)9-10-18(26)24(4)13(2)15-5-7-16(20)8-6-15/h5-8,11,13H,9-10H2,1-4H3. The van der Waals surface area contributed by atoms with Gasteiger partial charge in [-0.2, -0.15) is 10.1 Å². The Morgan fingerprint density at radius 1 is 1.27 bits per heavy atom. The fourth-order valence-electron chi connectivity index (χ4n) is 3.11. The number of halogens is 1. The number of hydrogen-bond acceptors (Lipinski definition) is 4. The molecule has 136 valence electrons. The number of rotatable bonds is 5. The largest absolute Gasteiger partial charge is 0.339 e. The summed E-state index contributed by atoms with van der Waals surface area (Å²) >= 11 is 5.94. The van der Waals surface area contributed by atoms with Gasteiger partial charge in [-0.15, -0.1) is 0 Å². The van der Waals surface area contributed by atoms with Gasteiger partial charge in [-0.05, 0) is 50.5 Å². The molecule has 1 aromatic carbocycles. The summed E-state index contributed by atoms with van der Waals surface area (Å²) in [5.41, 5.74) is 3.97. The van der Waals surface area contributed by atoms with Gasteiger partial charge in [-0.1, -0.05) is 23.7 Å². The van der Waals surface area contributed by atoms with E-state index < -0.39 is 0 Å². The maximum absolute atomic E-state index is 12.7. The van der Waals surface area contributed by atoms with Crippen LogP contribution in [0.15, 0.2) is 30.6 Å². The number of aromatic nitrogens is 4. The Balaban J connectivity index is 1.71. The van der Waals surface area contributed by atoms with E-state index in [1.807, 2.05) is 52.1 Å². The molecule has 1 unspecified atom stereocenters. The molecule has 3 rings (SSSR count). The molecule has 0 N–H and O–H groups in total. The normalized spacial score (nSPS) is 12.3. The lowest BCUT2D eigenvalue weighted by atomic mass is 10.0. The highest BCUT2D eigenvalue weighted by molar-refractivity contribution is 6.30. The van der Waals surface area contributed by atoms with Crippen LogP contribution in [0.4, 0.5) is 0 Å². The SMILES string of the molecule is Cc1nc2ncnn2c(C)c1CCC(=O)N(C)C(C)c1ccc(Cl)cc1. The minimum Gasteiger partial charge on any atom is -0.339 e. The lowest BCUT2D eigenvalue weighted by Crippen LogP contribution is -2.30. The van der Waals surface area contributed by atoms with E-state index in [1.165, 1.54) is 6.33 Å². The van der Waals surface area contributed by atoms with Crippen LogP contribution in [0.2, 0.25) is 5.02 Å². The molecule has 0 aliphatic heterocycles. The first-order chi connectivity index (χ1) is 12.4. The van der Waals surface area contributed by atoms with Gasteiger partial charge < -0.3 is 4.90 Å². The van der Waals surface area contributed by atoms with Crippen LogP contribution in [-0.2, 0) is 11.2 Å². The van der Waals surface area contributed by atoms with Crippen molar-refractivity contribution in [3.63, 3.8) is 0 Å². The second-order valence-corrected chi connectivity index (χ2v) is 6.90. The lowest BCUT2D eigenvalue weighted by molar-refractivity contribution is -0.131. The molecule has 0 aliphatic carbocycles. The summed E-state index contributed by atoms with van der Waals surface area (Å²) in [4.78, 5) is 23.0. The average molecular weight is 372 g/mol. The van der Waals surface area contributed by atoms with E-state index in [0.717, 1.165) is 22.5 Å². The lowest BCUT2D eigenvalue weighted by Gasteiger charge is -2.25. The third kappa shape index (κ3) is 3.55. The molecule has 0 radical (unpaired) electrons. The third-order valence-electron chi connectivity index (χ3n) is 4.90. The summed E-state index contributed by atoms with van der Waals surface area (Å²) in [6, 6.07) is 7.58. The van der Waals surface area contributed by atoms with E-state index in [0.29, 0.717) is 23.6 Å². The van der Waals surface area contributed by atoms with Crippen molar-refractivity contribution in [2.24, 2.45) is 0 Å². The zero-order valence-corrected chi connectivity index (χ0v) is 16.2. The zero-order valence-electron chi connectivity index (χ0n) is 15.4. The molecule has 7 heteroatoms. The van der Waals surface area contributed by atoms with Gasteiger partial charge in [-0.25, -0.2) is 9.50 Å². The van der Waals surface area contributed by atoms with Crippen molar-refractivity contribution in [1.29, 1.82) is 0 Å². The van der Waals surface area contributed by atoms with Gasteiger partial charge in [0.2, 0.25) is 5.91 Å². The average Bonchev–Trinajstić information content (AvgIpc) is 3.09. The third-order valence-corrected chi connectivity index (χ3v) is 5.16. The highest BCUT2D eigenvalue weighted by Gasteiger charge is 2.19. The van der Waals surface area contributed by atoms with Crippen molar-refractivity contribution in [3.8, 4) is 0 Å². The van der Waals surface area contributed by atoms with Gasteiger partial charge in [-0.3, -0.25) is 4.79 Å². The van der Waals surface area contributed by atoms with Crippen LogP contribution in [0, 0.1) is 13.8 Å². The van der Waals surface area contributed by atoms with Gasteiger partial charge in [0.1, 0.15) is 6.33 Å². The Morgan fingerprint density at radius 3 is 2.65 bits per heavy atom. The summed E-state index contributed by atoms with van der Waals surface area (Å²) < 4.78 is 1.72. The first-order valence-electron chi connectivity index (χ1n) is 8.55. The van der Waals surface area contributed by atoms with Gasteiger partial charge in [0.05, 0.1) is 6.04 Å². The smallest absolute Gasteiger partial charge is 0.252 e. The summed E-state index contributed by atoms with van der Waals surface area (Å²) in [6.45, 7) is 5.94. The van der Waals surface area contributed by atoms with Crippen molar-refractivity contribution < 1.29 is 4.79 Å². The van der Waals surface area contributed by atoms with Crippen LogP contribution < -0.4 is 0 Å². The molecular weight excluding hydrogens is 350 g/mol. The Morgan fingerprint density at radius 2 is 1.96 bits per heavy atom. The van der Waals surface area contributed by atoms with Crippen LogP contribution >= 0.6 is 11.6 Å². The molecular formula is C19H22ClN5O. The van der Waals surface area contributed by atoms with Crippen molar-refractivity contribution in [3.05, 3.63) is 58.1 Å². The molecule has 6 nitrogen and oxygen atoms in total. The quantitative estimate of drug-likeness (QED) is 0.688. The number of nitrogens with zero attached hydrogens (tertiary/aromatic N) is 5. The van der Waals surface area contributed by atoms with E-state index >= 15 is 0 Å². The van der Waals surface area contributed by atoms with E-state index in [1.54, 1.807) is 9.42 Å². The summed E-state index contributed by atoms with van der Waals surface area (Å²) in [5.74, 6) is 0.675. The highest BCUT2D eigenvalue weighted by atomic mass is 35.5. The van der Waals surface area contributed by atoms with Crippen molar-refractivity contribution in [2.45, 2.75) is 39.7 Å². The minimum atomic E-state index is -0.0159. The van der Waals surface area contributed by atoms with Gasteiger partial charge in [0.15, 0.2) is 0 Å². The molecule has 26 heavy (non-hydrogen) atoms. The number of hydrogen-bond donors (Lipinski definition) is 0. The van der Waals surface area contributed by atoms with Gasteiger partial charge in [0.25, 0.3) is 5.78 Å². The van der Waals surface area contributed by atoms with Crippen LogP contribution in [0.25, 0.3) is 5.78 Å². The Labute approximate surface area is 157 Å². The first-order valence-corrected chi connectivity index (χ1v) is 8.93. The molecule has 1 atom stereocenters. The molecule has 0 fully saturated rings. The number of aryl methyl sites for hydroxylation is 2. The molecule has 0 aliphatic rings. The predicted octanol–water partition coefficient (Wildman–Crippen LogP) is 3.55. The van der Waals surface area contributed by atoms with Crippen molar-refractivity contribution in [2.75, 3.05) is 7.05 Å². The molecule has 0 saturated heterocycles. The van der Waals surface area contributed by atoms with Crippen molar-refractivity contribution in [1.82, 2.24) is 24.5 Å². The number of amides is 1. The summed E-state index contributed by atoms with van der Waals surface area (Å²) in [5, 5.41) is 4.89. The van der Waals surface area contributed by atoms with Crippen molar-refractivity contribution >= 4 is 23.3 Å². The Bertz CT molecular complexity index is 935. The first kappa shape index (κ1) is 18.3. The molecule has 3 aromatic rings.